The van der Waals surface area contributed by atoms with E-state index in [1.807, 2.05) is 30.4 Å². The molecule has 0 unspecified atom stereocenters. The van der Waals surface area contributed by atoms with Gasteiger partial charge in [0.15, 0.2) is 0 Å². The van der Waals surface area contributed by atoms with Crippen LogP contribution in [0.25, 0.3) is 48.7 Å². The molecular formula is C30H27N3O3S. The number of aromatic carboxylic acids is 1. The van der Waals surface area contributed by atoms with Gasteiger partial charge in [0.1, 0.15) is 0 Å². The molecule has 0 atom stereocenters. The average molecular weight is 510 g/mol. The molecule has 0 radical (unpaired) electrons. The summed E-state index contributed by atoms with van der Waals surface area (Å²) < 4.78 is 1.88. The molecule has 6 nitrogen and oxygen atoms in total. The zero-order valence-electron chi connectivity index (χ0n) is 20.8. The number of fused-ring (bicyclic) bond motifs is 6. The van der Waals surface area contributed by atoms with E-state index < -0.39 is 5.97 Å². The second kappa shape index (κ2) is 8.08. The van der Waals surface area contributed by atoms with E-state index in [4.69, 9.17) is 0 Å². The van der Waals surface area contributed by atoms with Crippen LogP contribution in [0.15, 0.2) is 42.5 Å². The van der Waals surface area contributed by atoms with Crippen LogP contribution in [-0.2, 0) is 0 Å². The summed E-state index contributed by atoms with van der Waals surface area (Å²) in [7, 11) is 0. The van der Waals surface area contributed by atoms with Crippen LogP contribution in [0.1, 0.15) is 64.6 Å². The summed E-state index contributed by atoms with van der Waals surface area (Å²) in [6, 6.07) is 13.7. The number of carboxylic acids is 1. The van der Waals surface area contributed by atoms with Gasteiger partial charge < -0.3 is 15.2 Å². The predicted molar refractivity (Wildman–Crippen MR) is 149 cm³/mol. The molecular weight excluding hydrogens is 482 g/mol. The van der Waals surface area contributed by atoms with Crippen molar-refractivity contribution in [2.24, 2.45) is 0 Å². The Bertz CT molecular complexity index is 1890. The van der Waals surface area contributed by atoms with E-state index in [0.29, 0.717) is 5.92 Å². The Morgan fingerprint density at radius 1 is 1.03 bits per heavy atom. The first-order valence-corrected chi connectivity index (χ1v) is 13.7. The van der Waals surface area contributed by atoms with Gasteiger partial charge in [0.2, 0.25) is 5.88 Å². The molecule has 1 saturated carbocycles. The Balaban J connectivity index is 1.54. The number of rotatable bonds is 3. The van der Waals surface area contributed by atoms with Crippen molar-refractivity contribution < 1.29 is 15.0 Å². The Morgan fingerprint density at radius 3 is 2.57 bits per heavy atom. The summed E-state index contributed by atoms with van der Waals surface area (Å²) in [5.41, 5.74) is 6.19. The molecule has 4 aromatic heterocycles. The van der Waals surface area contributed by atoms with Gasteiger partial charge in [-0.1, -0.05) is 31.4 Å². The number of benzene rings is 2. The third-order valence-electron chi connectivity index (χ3n) is 8.01. The number of nitrogens with zero attached hydrogens (tertiary/aromatic N) is 2. The molecule has 1 aliphatic rings. The lowest BCUT2D eigenvalue weighted by molar-refractivity contribution is 0.0697. The summed E-state index contributed by atoms with van der Waals surface area (Å²) in [5.74, 6) is -0.414. The van der Waals surface area contributed by atoms with E-state index in [-0.39, 0.29) is 11.4 Å². The number of aromatic hydroxyl groups is 1. The fourth-order valence-electron chi connectivity index (χ4n) is 6.37. The number of hydrogen-bond acceptors (Lipinski definition) is 4. The summed E-state index contributed by atoms with van der Waals surface area (Å²) in [6.07, 6.45) is 5.86. The molecule has 0 spiro atoms. The number of aromatic nitrogens is 3. The van der Waals surface area contributed by atoms with E-state index >= 15 is 0 Å². The molecule has 2 aromatic carbocycles. The molecule has 37 heavy (non-hydrogen) atoms. The van der Waals surface area contributed by atoms with Crippen molar-refractivity contribution in [3.8, 4) is 16.5 Å². The number of hydrogen-bond donors (Lipinski definition) is 3. The monoisotopic (exact) mass is 509 g/mol. The van der Waals surface area contributed by atoms with Gasteiger partial charge in [-0.05, 0) is 73.9 Å². The first kappa shape index (κ1) is 22.4. The second-order valence-corrected chi connectivity index (χ2v) is 11.5. The highest BCUT2D eigenvalue weighted by Crippen LogP contribution is 2.47. The number of aryl methyl sites for hydroxylation is 2. The number of H-pyrrole nitrogens is 1. The van der Waals surface area contributed by atoms with E-state index in [9.17, 15) is 15.0 Å². The molecule has 0 saturated heterocycles. The fraction of sp³-hybridized carbons (Fsp3) is 0.267. The van der Waals surface area contributed by atoms with Gasteiger partial charge in [0.25, 0.3) is 0 Å². The van der Waals surface area contributed by atoms with Crippen LogP contribution >= 0.6 is 11.3 Å². The maximum atomic E-state index is 11.8. The minimum atomic E-state index is -0.965. The molecule has 186 valence electrons. The highest BCUT2D eigenvalue weighted by Gasteiger charge is 2.27. The van der Waals surface area contributed by atoms with Crippen molar-refractivity contribution >= 4 is 55.4 Å². The minimum absolute atomic E-state index is 0.158. The number of pyridine rings is 1. The van der Waals surface area contributed by atoms with Crippen LogP contribution in [0.4, 0.5) is 0 Å². The third kappa shape index (κ3) is 3.30. The van der Waals surface area contributed by atoms with E-state index in [2.05, 4.69) is 28.2 Å². The Morgan fingerprint density at radius 2 is 1.84 bits per heavy atom. The highest BCUT2D eigenvalue weighted by molar-refractivity contribution is 7.15. The molecule has 4 heterocycles. The normalized spacial score (nSPS) is 15.0. The van der Waals surface area contributed by atoms with E-state index in [1.165, 1.54) is 24.8 Å². The molecule has 7 rings (SSSR count). The largest absolute Gasteiger partial charge is 0.494 e. The van der Waals surface area contributed by atoms with Crippen LogP contribution in [0.3, 0.4) is 0 Å². The van der Waals surface area contributed by atoms with Crippen molar-refractivity contribution in [3.05, 3.63) is 64.3 Å². The van der Waals surface area contributed by atoms with Crippen molar-refractivity contribution in [1.29, 1.82) is 0 Å². The lowest BCUT2D eigenvalue weighted by atomic mass is 9.82. The summed E-state index contributed by atoms with van der Waals surface area (Å²) in [4.78, 5) is 21.1. The lowest BCUT2D eigenvalue weighted by Gasteiger charge is -2.22. The molecule has 1 fully saturated rings. The van der Waals surface area contributed by atoms with Crippen molar-refractivity contribution in [2.75, 3.05) is 0 Å². The number of thiazole rings is 1. The van der Waals surface area contributed by atoms with Gasteiger partial charge in [-0.3, -0.25) is 4.40 Å². The Kier molecular flexibility index (Phi) is 4.88. The molecule has 1 aliphatic carbocycles. The number of carbonyl (C=O) groups is 1. The first-order chi connectivity index (χ1) is 17.9. The van der Waals surface area contributed by atoms with Crippen molar-refractivity contribution in [1.82, 2.24) is 14.4 Å². The Labute approximate surface area is 217 Å². The zero-order chi connectivity index (χ0) is 25.4. The zero-order valence-corrected chi connectivity index (χ0v) is 21.6. The van der Waals surface area contributed by atoms with E-state index in [0.717, 1.165) is 72.2 Å². The fourth-order valence-corrected chi connectivity index (χ4v) is 7.27. The number of carboxylic acid groups (broad SMARTS) is 1. The summed E-state index contributed by atoms with van der Waals surface area (Å²) in [5, 5.41) is 26.2. The van der Waals surface area contributed by atoms with Gasteiger partial charge in [0, 0.05) is 21.7 Å². The first-order valence-electron chi connectivity index (χ1n) is 12.8. The second-order valence-electron chi connectivity index (χ2n) is 10.3. The number of aromatic amines is 1. The molecule has 0 bridgehead atoms. The quantitative estimate of drug-likeness (QED) is 0.226. The summed E-state index contributed by atoms with van der Waals surface area (Å²) in [6.45, 7) is 4.04. The maximum Gasteiger partial charge on any atom is 0.335 e. The molecule has 0 aliphatic heterocycles. The van der Waals surface area contributed by atoms with E-state index in [1.54, 1.807) is 23.5 Å². The number of nitrogens with one attached hydrogen (secondary N) is 1. The Hall–Kier alpha value is -3.84. The minimum Gasteiger partial charge on any atom is -0.494 e. The standard InChI is InChI=1S/C30H27N3O3S/c1-15-28(37-16(2)31-15)23-11-9-18-12-21-22(14-24(18)32-23)29(34)33-25-13-19(30(35)36)8-10-20(25)26(27(21)33)17-6-4-3-5-7-17/h8-14,17,32,34H,3-7H2,1-2H3,(H,35,36). The topological polar surface area (TPSA) is 90.6 Å². The molecule has 0 amide bonds. The maximum absolute atomic E-state index is 11.8. The average Bonchev–Trinajstić information content (AvgIpc) is 3.51. The van der Waals surface area contributed by atoms with Crippen LogP contribution in [0, 0.1) is 13.8 Å². The van der Waals surface area contributed by atoms with Gasteiger partial charge in [-0.25, -0.2) is 9.78 Å². The predicted octanol–water partition coefficient (Wildman–Crippen LogP) is 7.92. The van der Waals surface area contributed by atoms with Crippen LogP contribution in [0.2, 0.25) is 0 Å². The van der Waals surface area contributed by atoms with Crippen LogP contribution in [0.5, 0.6) is 5.88 Å². The molecule has 7 heteroatoms. The van der Waals surface area contributed by atoms with Crippen molar-refractivity contribution in [3.63, 3.8) is 0 Å². The lowest BCUT2D eigenvalue weighted by Crippen LogP contribution is -2.04. The summed E-state index contributed by atoms with van der Waals surface area (Å²) >= 11 is 1.67. The van der Waals surface area contributed by atoms with Gasteiger partial charge in [-0.2, -0.15) is 0 Å². The van der Waals surface area contributed by atoms with Crippen LogP contribution < -0.4 is 0 Å². The molecule has 3 N–H and O–H groups in total. The highest BCUT2D eigenvalue weighted by atomic mass is 32.1. The van der Waals surface area contributed by atoms with Gasteiger partial charge >= 0.3 is 5.97 Å². The van der Waals surface area contributed by atoms with Crippen LogP contribution in [-0.4, -0.2) is 30.6 Å². The molecule has 6 aromatic rings. The van der Waals surface area contributed by atoms with Gasteiger partial charge in [0.05, 0.1) is 37.9 Å². The van der Waals surface area contributed by atoms with Gasteiger partial charge in [-0.15, -0.1) is 11.3 Å². The SMILES string of the molecule is Cc1nc(C)c(-c2ccc3cc4c(cc3[nH]2)c(O)n2c3cc(C(=O)O)ccc3c(C3CCCCC3)c42)s1. The smallest absolute Gasteiger partial charge is 0.335 e. The third-order valence-corrected chi connectivity index (χ3v) is 9.12. The van der Waals surface area contributed by atoms with Crippen molar-refractivity contribution in [2.45, 2.75) is 51.9 Å².